The van der Waals surface area contributed by atoms with Crippen LogP contribution in [0.1, 0.15) is 11.4 Å². The molecule has 92 valence electrons. The second kappa shape index (κ2) is 5.38. The Hall–Kier alpha value is -1.26. The molecular formula is C12H16ClN3S. The normalized spacial score (nSPS) is 10.0. The predicted octanol–water partition coefficient (Wildman–Crippen LogP) is 3.42. The van der Waals surface area contributed by atoms with Gasteiger partial charge in [-0.3, -0.25) is 0 Å². The molecule has 0 radical (unpaired) electrons. The molecule has 0 atom stereocenters. The van der Waals surface area contributed by atoms with Gasteiger partial charge in [0.2, 0.25) is 0 Å². The van der Waals surface area contributed by atoms with Gasteiger partial charge in [-0.25, -0.2) is 4.98 Å². The standard InChI is InChI=1S/C12H15N3S.ClH/c1-4-5-15-8(2)6-10(9(15)3)11-7-16-12(13)14-11;/h4,6-7H,1,5H2,2-3H3,(H2,13,14);1H. The molecular weight excluding hydrogens is 254 g/mol. The lowest BCUT2D eigenvalue weighted by Gasteiger charge is -2.05. The average Bonchev–Trinajstić information content (AvgIpc) is 2.77. The van der Waals surface area contributed by atoms with E-state index in [2.05, 4.69) is 36.0 Å². The van der Waals surface area contributed by atoms with Crippen LogP contribution in [-0.4, -0.2) is 9.55 Å². The van der Waals surface area contributed by atoms with Gasteiger partial charge < -0.3 is 10.3 Å². The van der Waals surface area contributed by atoms with Crippen LogP contribution in [0.2, 0.25) is 0 Å². The van der Waals surface area contributed by atoms with Crippen molar-refractivity contribution in [2.75, 3.05) is 5.73 Å². The first-order chi connectivity index (χ1) is 7.63. The smallest absolute Gasteiger partial charge is 0.180 e. The number of hydrogen-bond donors (Lipinski definition) is 1. The van der Waals surface area contributed by atoms with Crippen LogP contribution in [0.25, 0.3) is 11.3 Å². The van der Waals surface area contributed by atoms with E-state index in [9.17, 15) is 0 Å². The van der Waals surface area contributed by atoms with Crippen molar-refractivity contribution in [2.24, 2.45) is 0 Å². The van der Waals surface area contributed by atoms with Crippen LogP contribution in [0.3, 0.4) is 0 Å². The van der Waals surface area contributed by atoms with Crippen LogP contribution in [0.5, 0.6) is 0 Å². The van der Waals surface area contributed by atoms with E-state index in [1.807, 2.05) is 11.5 Å². The lowest BCUT2D eigenvalue weighted by molar-refractivity contribution is 0.770. The fourth-order valence-corrected chi connectivity index (χ4v) is 2.44. The summed E-state index contributed by atoms with van der Waals surface area (Å²) in [5, 5.41) is 2.61. The van der Waals surface area contributed by atoms with E-state index in [1.165, 1.54) is 22.7 Å². The monoisotopic (exact) mass is 269 g/mol. The molecule has 0 aliphatic heterocycles. The van der Waals surface area contributed by atoms with Crippen molar-refractivity contribution in [2.45, 2.75) is 20.4 Å². The van der Waals surface area contributed by atoms with Crippen LogP contribution < -0.4 is 5.73 Å². The average molecular weight is 270 g/mol. The van der Waals surface area contributed by atoms with Crippen molar-refractivity contribution in [3.05, 3.63) is 35.5 Å². The van der Waals surface area contributed by atoms with E-state index in [-0.39, 0.29) is 12.4 Å². The van der Waals surface area contributed by atoms with Gasteiger partial charge in [0.1, 0.15) is 0 Å². The number of nitrogens with two attached hydrogens (primary N) is 1. The Kier molecular flexibility index (Phi) is 4.37. The molecule has 5 heteroatoms. The van der Waals surface area contributed by atoms with Crippen LogP contribution in [0, 0.1) is 13.8 Å². The second-order valence-corrected chi connectivity index (χ2v) is 4.64. The Morgan fingerprint density at radius 2 is 2.24 bits per heavy atom. The molecule has 0 saturated heterocycles. The highest BCUT2D eigenvalue weighted by Gasteiger charge is 2.12. The molecule has 0 unspecified atom stereocenters. The largest absolute Gasteiger partial charge is 0.375 e. The molecule has 0 aliphatic rings. The number of allylic oxidation sites excluding steroid dienone is 1. The molecule has 0 saturated carbocycles. The topological polar surface area (TPSA) is 43.8 Å². The van der Waals surface area contributed by atoms with Crippen LogP contribution in [-0.2, 0) is 6.54 Å². The van der Waals surface area contributed by atoms with Crippen LogP contribution in [0.4, 0.5) is 5.13 Å². The molecule has 0 fully saturated rings. The number of halogens is 1. The van der Waals surface area contributed by atoms with Crippen molar-refractivity contribution < 1.29 is 0 Å². The van der Waals surface area contributed by atoms with Gasteiger partial charge in [-0.15, -0.1) is 30.3 Å². The molecule has 2 N–H and O–H groups in total. The molecule has 2 aromatic heterocycles. The summed E-state index contributed by atoms with van der Waals surface area (Å²) in [6.07, 6.45) is 1.90. The third-order valence-corrected chi connectivity index (χ3v) is 3.36. The van der Waals surface area contributed by atoms with Gasteiger partial charge in [-0.05, 0) is 19.9 Å². The maximum absolute atomic E-state index is 5.65. The highest BCUT2D eigenvalue weighted by atomic mass is 35.5. The molecule has 0 bridgehead atoms. The van der Waals surface area contributed by atoms with E-state index in [1.54, 1.807) is 0 Å². The summed E-state index contributed by atoms with van der Waals surface area (Å²) in [5.41, 5.74) is 10.2. The Morgan fingerprint density at radius 1 is 1.53 bits per heavy atom. The Balaban J connectivity index is 0.00000144. The van der Waals surface area contributed by atoms with E-state index < -0.39 is 0 Å². The van der Waals surface area contributed by atoms with Gasteiger partial charge in [-0.2, -0.15) is 0 Å². The molecule has 2 heterocycles. The zero-order valence-electron chi connectivity index (χ0n) is 9.93. The Morgan fingerprint density at radius 3 is 2.76 bits per heavy atom. The maximum Gasteiger partial charge on any atom is 0.180 e. The lowest BCUT2D eigenvalue weighted by atomic mass is 10.2. The van der Waals surface area contributed by atoms with Crippen molar-refractivity contribution in [3.8, 4) is 11.3 Å². The van der Waals surface area contributed by atoms with E-state index >= 15 is 0 Å². The molecule has 0 aliphatic carbocycles. The van der Waals surface area contributed by atoms with Gasteiger partial charge in [0.25, 0.3) is 0 Å². The summed E-state index contributed by atoms with van der Waals surface area (Å²) in [5.74, 6) is 0. The zero-order valence-corrected chi connectivity index (χ0v) is 11.6. The molecule has 0 spiro atoms. The number of anilines is 1. The number of nitrogens with zero attached hydrogens (tertiary/aromatic N) is 2. The third kappa shape index (κ3) is 2.53. The molecule has 0 amide bonds. The van der Waals surface area contributed by atoms with Crippen molar-refractivity contribution in [1.29, 1.82) is 0 Å². The first kappa shape index (κ1) is 13.8. The van der Waals surface area contributed by atoms with E-state index in [4.69, 9.17) is 5.73 Å². The number of aryl methyl sites for hydroxylation is 1. The summed E-state index contributed by atoms with van der Waals surface area (Å²) in [6, 6.07) is 2.15. The summed E-state index contributed by atoms with van der Waals surface area (Å²) < 4.78 is 2.22. The second-order valence-electron chi connectivity index (χ2n) is 3.76. The first-order valence-corrected chi connectivity index (χ1v) is 6.00. The van der Waals surface area contributed by atoms with Crippen molar-refractivity contribution in [3.63, 3.8) is 0 Å². The van der Waals surface area contributed by atoms with Crippen LogP contribution in [0.15, 0.2) is 24.1 Å². The first-order valence-electron chi connectivity index (χ1n) is 5.12. The highest BCUT2D eigenvalue weighted by Crippen LogP contribution is 2.28. The predicted molar refractivity (Wildman–Crippen MR) is 76.9 cm³/mol. The van der Waals surface area contributed by atoms with Gasteiger partial charge >= 0.3 is 0 Å². The van der Waals surface area contributed by atoms with E-state index in [0.29, 0.717) is 5.13 Å². The van der Waals surface area contributed by atoms with Gasteiger partial charge in [0, 0.05) is 28.9 Å². The fourth-order valence-electron chi connectivity index (χ4n) is 1.88. The molecule has 3 nitrogen and oxygen atoms in total. The van der Waals surface area contributed by atoms with Gasteiger partial charge in [0.15, 0.2) is 5.13 Å². The number of thiazole rings is 1. The van der Waals surface area contributed by atoms with Crippen molar-refractivity contribution in [1.82, 2.24) is 9.55 Å². The zero-order chi connectivity index (χ0) is 11.7. The Labute approximate surface area is 111 Å². The van der Waals surface area contributed by atoms with Crippen molar-refractivity contribution >= 4 is 28.9 Å². The van der Waals surface area contributed by atoms with E-state index in [0.717, 1.165) is 17.8 Å². The van der Waals surface area contributed by atoms with Gasteiger partial charge in [-0.1, -0.05) is 6.08 Å². The summed E-state index contributed by atoms with van der Waals surface area (Å²) in [4.78, 5) is 4.31. The van der Waals surface area contributed by atoms with Crippen LogP contribution >= 0.6 is 23.7 Å². The number of hydrogen-bond acceptors (Lipinski definition) is 3. The number of aromatic nitrogens is 2. The summed E-state index contributed by atoms with van der Waals surface area (Å²) in [7, 11) is 0. The minimum atomic E-state index is 0. The molecule has 0 aromatic carbocycles. The summed E-state index contributed by atoms with van der Waals surface area (Å²) >= 11 is 1.47. The number of nitrogen functional groups attached to an aromatic ring is 1. The molecule has 2 aromatic rings. The maximum atomic E-state index is 5.65. The molecule has 2 rings (SSSR count). The highest BCUT2D eigenvalue weighted by molar-refractivity contribution is 7.13. The minimum absolute atomic E-state index is 0. The number of rotatable bonds is 3. The Bertz CT molecular complexity index is 528. The SMILES string of the molecule is C=CCn1c(C)cc(-c2csc(N)n2)c1C.Cl. The minimum Gasteiger partial charge on any atom is -0.375 e. The summed E-state index contributed by atoms with van der Waals surface area (Å²) in [6.45, 7) is 8.79. The quantitative estimate of drug-likeness (QED) is 0.868. The molecule has 17 heavy (non-hydrogen) atoms. The third-order valence-electron chi connectivity index (χ3n) is 2.68. The fraction of sp³-hybridized carbons (Fsp3) is 0.250. The van der Waals surface area contributed by atoms with Gasteiger partial charge in [0.05, 0.1) is 5.69 Å². The lowest BCUT2D eigenvalue weighted by Crippen LogP contribution is -1.99.